The van der Waals surface area contributed by atoms with Gasteiger partial charge >= 0.3 is 0 Å². The molecule has 2 heteroatoms. The molecule has 0 aliphatic rings. The third-order valence-electron chi connectivity index (χ3n) is 3.59. The van der Waals surface area contributed by atoms with Crippen molar-refractivity contribution in [3.05, 3.63) is 93.7 Å². The lowest BCUT2D eigenvalue weighted by Crippen LogP contribution is -2.21. The SMILES string of the molecule is Cc1ccc(CNC(c2ccccc2)c2cccs2)cc1. The molecule has 1 atom stereocenters. The maximum atomic E-state index is 3.68. The van der Waals surface area contributed by atoms with Crippen molar-refractivity contribution < 1.29 is 0 Å². The maximum absolute atomic E-state index is 3.68. The Morgan fingerprint density at radius 2 is 1.67 bits per heavy atom. The second-order valence-corrected chi connectivity index (χ2v) is 6.20. The molecular formula is C19H19NS. The Bertz CT molecular complexity index is 657. The molecule has 21 heavy (non-hydrogen) atoms. The first-order valence-electron chi connectivity index (χ1n) is 7.20. The number of rotatable bonds is 5. The van der Waals surface area contributed by atoms with Crippen LogP contribution in [0.5, 0.6) is 0 Å². The van der Waals surface area contributed by atoms with Gasteiger partial charge in [0.15, 0.2) is 0 Å². The summed E-state index contributed by atoms with van der Waals surface area (Å²) in [7, 11) is 0. The zero-order chi connectivity index (χ0) is 14.5. The summed E-state index contributed by atoms with van der Waals surface area (Å²) >= 11 is 1.80. The van der Waals surface area contributed by atoms with Crippen LogP contribution in [-0.4, -0.2) is 0 Å². The summed E-state index contributed by atoms with van der Waals surface area (Å²) in [4.78, 5) is 1.35. The van der Waals surface area contributed by atoms with E-state index >= 15 is 0 Å². The average molecular weight is 293 g/mol. The second-order valence-electron chi connectivity index (χ2n) is 5.23. The summed E-state index contributed by atoms with van der Waals surface area (Å²) in [5.74, 6) is 0. The Labute approximate surface area is 130 Å². The Hall–Kier alpha value is -1.90. The zero-order valence-corrected chi connectivity index (χ0v) is 12.9. The van der Waals surface area contributed by atoms with Crippen LogP contribution < -0.4 is 5.32 Å². The van der Waals surface area contributed by atoms with Crippen LogP contribution in [0.15, 0.2) is 72.1 Å². The van der Waals surface area contributed by atoms with Crippen LogP contribution in [0, 0.1) is 6.92 Å². The predicted molar refractivity (Wildman–Crippen MR) is 90.6 cm³/mol. The lowest BCUT2D eigenvalue weighted by Gasteiger charge is -2.18. The van der Waals surface area contributed by atoms with Gasteiger partial charge in [-0.1, -0.05) is 66.2 Å². The normalized spacial score (nSPS) is 12.2. The summed E-state index contributed by atoms with van der Waals surface area (Å²) < 4.78 is 0. The quantitative estimate of drug-likeness (QED) is 0.703. The van der Waals surface area contributed by atoms with Gasteiger partial charge in [0, 0.05) is 11.4 Å². The van der Waals surface area contributed by atoms with E-state index in [1.54, 1.807) is 11.3 Å². The molecule has 0 spiro atoms. The minimum Gasteiger partial charge on any atom is -0.301 e. The van der Waals surface area contributed by atoms with E-state index < -0.39 is 0 Å². The van der Waals surface area contributed by atoms with Gasteiger partial charge < -0.3 is 5.32 Å². The summed E-state index contributed by atoms with van der Waals surface area (Å²) in [6.45, 7) is 2.99. The standard InChI is InChI=1S/C19H19NS/c1-15-9-11-16(12-10-15)14-20-19(18-8-5-13-21-18)17-6-3-2-4-7-17/h2-13,19-20H,14H2,1H3. The largest absolute Gasteiger partial charge is 0.301 e. The molecule has 0 aliphatic carbocycles. The third-order valence-corrected chi connectivity index (χ3v) is 4.53. The van der Waals surface area contributed by atoms with Gasteiger partial charge in [-0.25, -0.2) is 0 Å². The Morgan fingerprint density at radius 3 is 2.33 bits per heavy atom. The predicted octanol–water partition coefficient (Wildman–Crippen LogP) is 4.94. The van der Waals surface area contributed by atoms with E-state index in [0.29, 0.717) is 0 Å². The molecule has 1 nitrogen and oxygen atoms in total. The average Bonchev–Trinajstić information content (AvgIpc) is 3.05. The first-order chi connectivity index (χ1) is 10.3. The lowest BCUT2D eigenvalue weighted by atomic mass is 10.0. The first kappa shape index (κ1) is 14.1. The van der Waals surface area contributed by atoms with Crippen LogP contribution in [-0.2, 0) is 6.54 Å². The molecule has 1 N–H and O–H groups in total. The molecular weight excluding hydrogens is 274 g/mol. The Balaban J connectivity index is 1.78. The molecule has 0 saturated carbocycles. The van der Waals surface area contributed by atoms with Crippen molar-refractivity contribution in [1.82, 2.24) is 5.32 Å². The fourth-order valence-electron chi connectivity index (χ4n) is 2.41. The van der Waals surface area contributed by atoms with Crippen molar-refractivity contribution in [2.45, 2.75) is 19.5 Å². The van der Waals surface area contributed by atoms with Crippen LogP contribution >= 0.6 is 11.3 Å². The van der Waals surface area contributed by atoms with Crippen LogP contribution in [0.1, 0.15) is 27.6 Å². The molecule has 1 unspecified atom stereocenters. The minimum atomic E-state index is 0.257. The second kappa shape index (κ2) is 6.70. The molecule has 0 radical (unpaired) electrons. The summed E-state index contributed by atoms with van der Waals surface area (Å²) in [6, 6.07) is 23.9. The summed E-state index contributed by atoms with van der Waals surface area (Å²) in [6.07, 6.45) is 0. The number of benzene rings is 2. The van der Waals surface area contributed by atoms with Crippen LogP contribution in [0.25, 0.3) is 0 Å². The van der Waals surface area contributed by atoms with Crippen LogP contribution in [0.4, 0.5) is 0 Å². The van der Waals surface area contributed by atoms with E-state index in [2.05, 4.69) is 84.4 Å². The first-order valence-corrected chi connectivity index (χ1v) is 8.08. The molecule has 0 fully saturated rings. The molecule has 0 amide bonds. The van der Waals surface area contributed by atoms with Gasteiger partial charge in [0.25, 0.3) is 0 Å². The van der Waals surface area contributed by atoms with Crippen LogP contribution in [0.3, 0.4) is 0 Å². The summed E-state index contributed by atoms with van der Waals surface area (Å²) in [5, 5.41) is 5.82. The number of hydrogen-bond acceptors (Lipinski definition) is 2. The van der Waals surface area contributed by atoms with Gasteiger partial charge in [-0.3, -0.25) is 0 Å². The van der Waals surface area contributed by atoms with Crippen LogP contribution in [0.2, 0.25) is 0 Å². The number of nitrogens with one attached hydrogen (secondary N) is 1. The Kier molecular flexibility index (Phi) is 4.49. The maximum Gasteiger partial charge on any atom is 0.0673 e. The fourth-order valence-corrected chi connectivity index (χ4v) is 3.24. The van der Waals surface area contributed by atoms with Gasteiger partial charge in [-0.05, 0) is 29.5 Å². The molecule has 106 valence electrons. The molecule has 0 saturated heterocycles. The van der Waals surface area contributed by atoms with E-state index in [4.69, 9.17) is 0 Å². The lowest BCUT2D eigenvalue weighted by molar-refractivity contribution is 0.613. The van der Waals surface area contributed by atoms with E-state index in [-0.39, 0.29) is 6.04 Å². The van der Waals surface area contributed by atoms with Crippen molar-refractivity contribution in [2.24, 2.45) is 0 Å². The van der Waals surface area contributed by atoms with Gasteiger partial charge in [0.1, 0.15) is 0 Å². The van der Waals surface area contributed by atoms with Crippen molar-refractivity contribution in [1.29, 1.82) is 0 Å². The van der Waals surface area contributed by atoms with E-state index in [0.717, 1.165) is 6.54 Å². The number of aryl methyl sites for hydroxylation is 1. The molecule has 0 aliphatic heterocycles. The minimum absolute atomic E-state index is 0.257. The highest BCUT2D eigenvalue weighted by atomic mass is 32.1. The monoisotopic (exact) mass is 293 g/mol. The molecule has 1 heterocycles. The van der Waals surface area contributed by atoms with Gasteiger partial charge in [0.2, 0.25) is 0 Å². The van der Waals surface area contributed by atoms with E-state index in [9.17, 15) is 0 Å². The highest BCUT2D eigenvalue weighted by Gasteiger charge is 2.14. The molecule has 2 aromatic carbocycles. The molecule has 1 aromatic heterocycles. The van der Waals surface area contributed by atoms with Crippen molar-refractivity contribution in [2.75, 3.05) is 0 Å². The van der Waals surface area contributed by atoms with Crippen molar-refractivity contribution in [3.63, 3.8) is 0 Å². The highest BCUT2D eigenvalue weighted by Crippen LogP contribution is 2.26. The molecule has 3 aromatic rings. The molecule has 3 rings (SSSR count). The highest BCUT2D eigenvalue weighted by molar-refractivity contribution is 7.10. The van der Waals surface area contributed by atoms with Crippen molar-refractivity contribution >= 4 is 11.3 Å². The van der Waals surface area contributed by atoms with Gasteiger partial charge in [0.05, 0.1) is 6.04 Å². The van der Waals surface area contributed by atoms with E-state index in [1.807, 2.05) is 0 Å². The van der Waals surface area contributed by atoms with Gasteiger partial charge in [-0.15, -0.1) is 11.3 Å². The fraction of sp³-hybridized carbons (Fsp3) is 0.158. The molecule has 0 bridgehead atoms. The zero-order valence-electron chi connectivity index (χ0n) is 12.1. The topological polar surface area (TPSA) is 12.0 Å². The van der Waals surface area contributed by atoms with Crippen molar-refractivity contribution in [3.8, 4) is 0 Å². The third kappa shape index (κ3) is 3.60. The summed E-state index contributed by atoms with van der Waals surface area (Å²) in [5.41, 5.74) is 3.93. The number of hydrogen-bond donors (Lipinski definition) is 1. The Morgan fingerprint density at radius 1 is 0.905 bits per heavy atom. The smallest absolute Gasteiger partial charge is 0.0673 e. The number of thiophene rings is 1. The van der Waals surface area contributed by atoms with E-state index in [1.165, 1.54) is 21.6 Å². The van der Waals surface area contributed by atoms with Gasteiger partial charge in [-0.2, -0.15) is 0 Å².